The Labute approximate surface area is 87.7 Å². The van der Waals surface area contributed by atoms with Crippen molar-refractivity contribution in [2.24, 2.45) is 0 Å². The van der Waals surface area contributed by atoms with Crippen LogP contribution >= 0.6 is 0 Å². The van der Waals surface area contributed by atoms with Crippen molar-refractivity contribution < 1.29 is 5.11 Å². The Morgan fingerprint density at radius 3 is 2.50 bits per heavy atom. The van der Waals surface area contributed by atoms with Crippen molar-refractivity contribution in [1.82, 2.24) is 9.80 Å². The highest BCUT2D eigenvalue weighted by molar-refractivity contribution is 4.95. The fourth-order valence-corrected chi connectivity index (χ4v) is 2.11. The monoisotopic (exact) mass is 200 g/mol. The first-order valence-corrected chi connectivity index (χ1v) is 5.52. The number of hydrogen-bond acceptors (Lipinski definition) is 3. The molecule has 3 nitrogen and oxygen atoms in total. The molecule has 3 heteroatoms. The van der Waals surface area contributed by atoms with E-state index in [0.29, 0.717) is 0 Å². The fraction of sp³-hybridized carbons (Fsp3) is 1.00. The molecule has 1 fully saturated rings. The highest BCUT2D eigenvalue weighted by Crippen LogP contribution is 2.28. The molecule has 0 saturated carbocycles. The van der Waals surface area contributed by atoms with E-state index in [9.17, 15) is 5.11 Å². The largest absolute Gasteiger partial charge is 0.391 e. The second-order valence-corrected chi connectivity index (χ2v) is 5.10. The third kappa shape index (κ3) is 2.69. The van der Waals surface area contributed by atoms with Gasteiger partial charge in [0, 0.05) is 12.1 Å². The van der Waals surface area contributed by atoms with Gasteiger partial charge >= 0.3 is 0 Å². The third-order valence-electron chi connectivity index (χ3n) is 3.34. The molecule has 1 saturated heterocycles. The molecule has 1 aliphatic rings. The lowest BCUT2D eigenvalue weighted by Gasteiger charge is -2.34. The van der Waals surface area contributed by atoms with Crippen LogP contribution in [0, 0.1) is 0 Å². The lowest BCUT2D eigenvalue weighted by atomic mass is 9.99. The summed E-state index contributed by atoms with van der Waals surface area (Å²) >= 11 is 0. The lowest BCUT2D eigenvalue weighted by Crippen LogP contribution is -2.45. The Bertz CT molecular complexity index is 180. The zero-order valence-corrected chi connectivity index (χ0v) is 9.95. The number of nitrogens with zero attached hydrogens (tertiary/aromatic N) is 2. The Balaban J connectivity index is 2.32. The first kappa shape index (κ1) is 12.0. The molecule has 1 aliphatic heterocycles. The second kappa shape index (κ2) is 4.60. The van der Waals surface area contributed by atoms with Gasteiger partial charge < -0.3 is 10.0 Å². The molecule has 1 heterocycles. The van der Waals surface area contributed by atoms with Crippen LogP contribution in [0.2, 0.25) is 0 Å². The van der Waals surface area contributed by atoms with Crippen molar-refractivity contribution in [2.75, 3.05) is 33.7 Å². The molecule has 0 aliphatic carbocycles. The van der Waals surface area contributed by atoms with Crippen LogP contribution < -0.4 is 0 Å². The second-order valence-electron chi connectivity index (χ2n) is 5.10. The van der Waals surface area contributed by atoms with Gasteiger partial charge in [0.25, 0.3) is 0 Å². The molecule has 1 N–H and O–H groups in total. The predicted molar refractivity (Wildman–Crippen MR) is 59.4 cm³/mol. The summed E-state index contributed by atoms with van der Waals surface area (Å²) in [4.78, 5) is 4.61. The topological polar surface area (TPSA) is 26.7 Å². The van der Waals surface area contributed by atoms with Gasteiger partial charge in [-0.3, -0.25) is 4.90 Å². The smallest absolute Gasteiger partial charge is 0.0730 e. The predicted octanol–water partition coefficient (Wildman–Crippen LogP) is 0.783. The van der Waals surface area contributed by atoms with Crippen LogP contribution in [0.4, 0.5) is 0 Å². The highest BCUT2D eigenvalue weighted by atomic mass is 16.3. The SMILES string of the molecule is CN(C)CCCN1CCC(O)C1(C)C. The standard InChI is InChI=1S/C11H24N2O/c1-11(2)10(14)6-9-13(11)8-5-7-12(3)4/h10,14H,5-9H2,1-4H3. The van der Waals surface area contributed by atoms with Crippen molar-refractivity contribution in [1.29, 1.82) is 0 Å². The zero-order valence-electron chi connectivity index (χ0n) is 9.95. The summed E-state index contributed by atoms with van der Waals surface area (Å²) in [5, 5.41) is 9.78. The van der Waals surface area contributed by atoms with Gasteiger partial charge in [-0.15, -0.1) is 0 Å². The molecule has 0 radical (unpaired) electrons. The van der Waals surface area contributed by atoms with E-state index in [1.807, 2.05) is 0 Å². The van der Waals surface area contributed by atoms with Gasteiger partial charge in [0.2, 0.25) is 0 Å². The van der Waals surface area contributed by atoms with E-state index < -0.39 is 0 Å². The summed E-state index contributed by atoms with van der Waals surface area (Å²) in [6.07, 6.45) is 1.96. The molecular weight excluding hydrogens is 176 g/mol. The van der Waals surface area contributed by atoms with E-state index in [-0.39, 0.29) is 11.6 Å². The molecule has 1 rings (SSSR count). The highest BCUT2D eigenvalue weighted by Gasteiger charge is 2.39. The van der Waals surface area contributed by atoms with Gasteiger partial charge in [-0.25, -0.2) is 0 Å². The number of aliphatic hydroxyl groups excluding tert-OH is 1. The van der Waals surface area contributed by atoms with Gasteiger partial charge in [0.05, 0.1) is 6.10 Å². The summed E-state index contributed by atoms with van der Waals surface area (Å²) < 4.78 is 0. The van der Waals surface area contributed by atoms with Crippen LogP contribution in [0.1, 0.15) is 26.7 Å². The maximum Gasteiger partial charge on any atom is 0.0730 e. The first-order valence-electron chi connectivity index (χ1n) is 5.52. The van der Waals surface area contributed by atoms with E-state index >= 15 is 0 Å². The molecule has 1 unspecified atom stereocenters. The summed E-state index contributed by atoms with van der Waals surface area (Å²) in [6.45, 7) is 7.55. The van der Waals surface area contributed by atoms with Gasteiger partial charge in [-0.2, -0.15) is 0 Å². The fourth-order valence-electron chi connectivity index (χ4n) is 2.11. The van der Waals surface area contributed by atoms with E-state index in [0.717, 1.165) is 26.1 Å². The van der Waals surface area contributed by atoms with E-state index in [4.69, 9.17) is 0 Å². The zero-order chi connectivity index (χ0) is 10.8. The average molecular weight is 200 g/mol. The van der Waals surface area contributed by atoms with Crippen molar-refractivity contribution in [3.63, 3.8) is 0 Å². The first-order chi connectivity index (χ1) is 6.44. The summed E-state index contributed by atoms with van der Waals surface area (Å²) in [7, 11) is 4.20. The molecule has 0 aromatic heterocycles. The van der Waals surface area contributed by atoms with E-state index in [2.05, 4.69) is 37.7 Å². The van der Waals surface area contributed by atoms with Gasteiger partial charge in [-0.05, 0) is 53.9 Å². The summed E-state index contributed by atoms with van der Waals surface area (Å²) in [5.74, 6) is 0. The Morgan fingerprint density at radius 2 is 2.07 bits per heavy atom. The Hall–Kier alpha value is -0.120. The molecule has 0 aromatic rings. The van der Waals surface area contributed by atoms with Crippen LogP contribution in [0.25, 0.3) is 0 Å². The number of hydrogen-bond donors (Lipinski definition) is 1. The minimum absolute atomic E-state index is 0.0215. The van der Waals surface area contributed by atoms with Gasteiger partial charge in [0.15, 0.2) is 0 Å². The van der Waals surface area contributed by atoms with Crippen LogP contribution in [0.5, 0.6) is 0 Å². The summed E-state index contributed by atoms with van der Waals surface area (Å²) in [6, 6.07) is 0. The van der Waals surface area contributed by atoms with Crippen molar-refractivity contribution in [2.45, 2.75) is 38.3 Å². The maximum absolute atomic E-state index is 9.78. The van der Waals surface area contributed by atoms with Crippen LogP contribution in [0.3, 0.4) is 0 Å². The quantitative estimate of drug-likeness (QED) is 0.726. The summed E-state index contributed by atoms with van der Waals surface area (Å²) in [5.41, 5.74) is -0.0215. The minimum atomic E-state index is -0.151. The van der Waals surface area contributed by atoms with Crippen molar-refractivity contribution in [3.05, 3.63) is 0 Å². The molecule has 0 amide bonds. The normalized spacial score (nSPS) is 27.4. The van der Waals surface area contributed by atoms with Crippen LogP contribution in [-0.4, -0.2) is 60.3 Å². The Kier molecular flexibility index (Phi) is 3.93. The maximum atomic E-state index is 9.78. The molecule has 14 heavy (non-hydrogen) atoms. The van der Waals surface area contributed by atoms with Crippen LogP contribution in [-0.2, 0) is 0 Å². The van der Waals surface area contributed by atoms with Crippen molar-refractivity contribution >= 4 is 0 Å². The molecule has 1 atom stereocenters. The molecule has 0 bridgehead atoms. The molecule has 84 valence electrons. The van der Waals surface area contributed by atoms with E-state index in [1.165, 1.54) is 6.42 Å². The van der Waals surface area contributed by atoms with Gasteiger partial charge in [-0.1, -0.05) is 0 Å². The Morgan fingerprint density at radius 1 is 1.43 bits per heavy atom. The van der Waals surface area contributed by atoms with Crippen LogP contribution in [0.15, 0.2) is 0 Å². The minimum Gasteiger partial charge on any atom is -0.391 e. The number of rotatable bonds is 4. The number of likely N-dealkylation sites (tertiary alicyclic amines) is 1. The third-order valence-corrected chi connectivity index (χ3v) is 3.34. The molecule has 0 spiro atoms. The molecule has 0 aromatic carbocycles. The van der Waals surface area contributed by atoms with E-state index in [1.54, 1.807) is 0 Å². The number of aliphatic hydroxyl groups is 1. The van der Waals surface area contributed by atoms with Crippen molar-refractivity contribution in [3.8, 4) is 0 Å². The average Bonchev–Trinajstić information content (AvgIpc) is 2.30. The molecular formula is C11H24N2O. The lowest BCUT2D eigenvalue weighted by molar-refractivity contribution is 0.0532. The van der Waals surface area contributed by atoms with Gasteiger partial charge in [0.1, 0.15) is 0 Å².